The number of aromatic nitrogens is 6. The Labute approximate surface area is 133 Å². The van der Waals surface area contributed by atoms with E-state index in [0.717, 1.165) is 11.6 Å². The van der Waals surface area contributed by atoms with Gasteiger partial charge in [0.15, 0.2) is 5.82 Å². The van der Waals surface area contributed by atoms with Gasteiger partial charge >= 0.3 is 0 Å². The van der Waals surface area contributed by atoms with Crippen molar-refractivity contribution in [3.8, 4) is 5.82 Å². The van der Waals surface area contributed by atoms with E-state index in [-0.39, 0.29) is 11.9 Å². The topological polar surface area (TPSA) is 82.6 Å². The Bertz CT molecular complexity index is 798. The molecule has 0 atom stereocenters. The summed E-state index contributed by atoms with van der Waals surface area (Å²) in [5.74, 6) is 1.25. The number of carbonyl (C=O) groups excluding carboxylic acids is 1. The molecule has 0 aliphatic heterocycles. The summed E-state index contributed by atoms with van der Waals surface area (Å²) in [6, 6.07) is 4.05. The van der Waals surface area contributed by atoms with Crippen LogP contribution in [0.5, 0.6) is 0 Å². The number of nitrogens with zero attached hydrogens (tertiary/aromatic N) is 6. The van der Waals surface area contributed by atoms with E-state index >= 15 is 0 Å². The van der Waals surface area contributed by atoms with Gasteiger partial charge in [0.05, 0.1) is 12.7 Å². The summed E-state index contributed by atoms with van der Waals surface area (Å²) in [5.41, 5.74) is 0.513. The van der Waals surface area contributed by atoms with Crippen molar-refractivity contribution < 1.29 is 4.79 Å². The van der Waals surface area contributed by atoms with Gasteiger partial charge in [-0.15, -0.1) is 10.2 Å². The number of hydrogen-bond donors (Lipinski definition) is 1. The first-order valence-corrected chi connectivity index (χ1v) is 7.40. The average molecular weight is 313 g/mol. The summed E-state index contributed by atoms with van der Waals surface area (Å²) in [5, 5.41) is 15.0. The van der Waals surface area contributed by atoms with Crippen molar-refractivity contribution in [2.45, 2.75) is 26.4 Å². The molecule has 0 aliphatic rings. The highest BCUT2D eigenvalue weighted by Crippen LogP contribution is 2.14. The van der Waals surface area contributed by atoms with Gasteiger partial charge in [0, 0.05) is 25.5 Å². The van der Waals surface area contributed by atoms with E-state index in [2.05, 4.69) is 20.6 Å². The molecule has 0 radical (unpaired) electrons. The predicted molar refractivity (Wildman–Crippen MR) is 84.1 cm³/mol. The zero-order chi connectivity index (χ0) is 16.4. The van der Waals surface area contributed by atoms with Crippen LogP contribution in [0.2, 0.25) is 0 Å². The minimum absolute atomic E-state index is 0.194. The molecule has 0 saturated heterocycles. The van der Waals surface area contributed by atoms with Crippen LogP contribution in [0.1, 0.15) is 36.1 Å². The van der Waals surface area contributed by atoms with Crippen LogP contribution >= 0.6 is 0 Å². The number of rotatable bonds is 5. The molecule has 8 nitrogen and oxygen atoms in total. The summed E-state index contributed by atoms with van der Waals surface area (Å²) >= 11 is 0. The molecular formula is C15H19N7O. The fourth-order valence-corrected chi connectivity index (χ4v) is 2.45. The van der Waals surface area contributed by atoms with Crippen LogP contribution in [0.25, 0.3) is 5.82 Å². The van der Waals surface area contributed by atoms with E-state index < -0.39 is 0 Å². The van der Waals surface area contributed by atoms with Crippen molar-refractivity contribution in [3.63, 3.8) is 0 Å². The molecule has 3 aromatic heterocycles. The van der Waals surface area contributed by atoms with E-state index in [1.54, 1.807) is 17.2 Å². The van der Waals surface area contributed by atoms with Crippen molar-refractivity contribution in [2.24, 2.45) is 7.05 Å². The molecule has 0 fully saturated rings. The maximum absolute atomic E-state index is 12.5. The number of amides is 1. The Kier molecular flexibility index (Phi) is 3.96. The molecule has 1 amide bonds. The normalized spacial score (nSPS) is 11.1. The monoisotopic (exact) mass is 313 g/mol. The maximum atomic E-state index is 12.5. The molecule has 0 aliphatic carbocycles. The summed E-state index contributed by atoms with van der Waals surface area (Å²) in [6.07, 6.45) is 6.99. The zero-order valence-corrected chi connectivity index (χ0v) is 13.3. The molecule has 120 valence electrons. The Morgan fingerprint density at radius 2 is 2.04 bits per heavy atom. The molecule has 3 aromatic rings. The van der Waals surface area contributed by atoms with Crippen LogP contribution < -0.4 is 5.32 Å². The van der Waals surface area contributed by atoms with Gasteiger partial charge in [0.25, 0.3) is 5.91 Å². The third kappa shape index (κ3) is 2.87. The second-order valence-corrected chi connectivity index (χ2v) is 5.53. The minimum atomic E-state index is -0.194. The van der Waals surface area contributed by atoms with Crippen LogP contribution in [-0.2, 0) is 13.6 Å². The first-order chi connectivity index (χ1) is 11.1. The van der Waals surface area contributed by atoms with E-state index in [9.17, 15) is 4.79 Å². The Morgan fingerprint density at radius 1 is 1.30 bits per heavy atom. The van der Waals surface area contributed by atoms with Crippen molar-refractivity contribution in [1.29, 1.82) is 0 Å². The second-order valence-electron chi connectivity index (χ2n) is 5.53. The van der Waals surface area contributed by atoms with Crippen LogP contribution in [0, 0.1) is 0 Å². The fraction of sp³-hybridized carbons (Fsp3) is 0.333. The summed E-state index contributed by atoms with van der Waals surface area (Å²) in [7, 11) is 1.81. The van der Waals surface area contributed by atoms with Gasteiger partial charge in [-0.3, -0.25) is 9.48 Å². The summed E-state index contributed by atoms with van der Waals surface area (Å²) in [6.45, 7) is 4.40. The third-order valence-electron chi connectivity index (χ3n) is 3.61. The Balaban J connectivity index is 1.78. The molecule has 0 unspecified atom stereocenters. The Morgan fingerprint density at radius 3 is 2.74 bits per heavy atom. The number of carbonyl (C=O) groups is 1. The van der Waals surface area contributed by atoms with Gasteiger partial charge in [-0.2, -0.15) is 5.10 Å². The van der Waals surface area contributed by atoms with Crippen LogP contribution in [0.15, 0.2) is 37.1 Å². The lowest BCUT2D eigenvalue weighted by atomic mass is 10.3. The largest absolute Gasteiger partial charge is 0.345 e. The SMILES string of the molecule is CC(C)n1cnnc1CNC(=O)c1cnn(C)c1-n1cccc1. The van der Waals surface area contributed by atoms with Gasteiger partial charge in [-0.25, -0.2) is 0 Å². The highest BCUT2D eigenvalue weighted by Gasteiger charge is 2.18. The quantitative estimate of drug-likeness (QED) is 0.770. The first-order valence-electron chi connectivity index (χ1n) is 7.40. The zero-order valence-electron chi connectivity index (χ0n) is 13.3. The molecule has 1 N–H and O–H groups in total. The van der Waals surface area contributed by atoms with Gasteiger partial charge in [-0.1, -0.05) is 0 Å². The van der Waals surface area contributed by atoms with E-state index in [4.69, 9.17) is 0 Å². The first kappa shape index (κ1) is 15.0. The van der Waals surface area contributed by atoms with Crippen molar-refractivity contribution in [2.75, 3.05) is 0 Å². The highest BCUT2D eigenvalue weighted by atomic mass is 16.1. The lowest BCUT2D eigenvalue weighted by molar-refractivity contribution is 0.0949. The van der Waals surface area contributed by atoms with E-state index in [1.165, 1.54) is 0 Å². The van der Waals surface area contributed by atoms with Gasteiger partial charge < -0.3 is 14.5 Å². The van der Waals surface area contributed by atoms with Crippen LogP contribution in [0.3, 0.4) is 0 Å². The number of aryl methyl sites for hydroxylation is 1. The van der Waals surface area contributed by atoms with Gasteiger partial charge in [-0.05, 0) is 26.0 Å². The summed E-state index contributed by atoms with van der Waals surface area (Å²) < 4.78 is 5.46. The molecular weight excluding hydrogens is 294 g/mol. The van der Waals surface area contributed by atoms with E-state index in [0.29, 0.717) is 12.1 Å². The van der Waals surface area contributed by atoms with Crippen molar-refractivity contribution in [1.82, 2.24) is 34.4 Å². The maximum Gasteiger partial charge on any atom is 0.257 e. The van der Waals surface area contributed by atoms with E-state index in [1.807, 2.05) is 54.6 Å². The van der Waals surface area contributed by atoms with Crippen molar-refractivity contribution in [3.05, 3.63) is 48.4 Å². The smallest absolute Gasteiger partial charge is 0.257 e. The third-order valence-corrected chi connectivity index (χ3v) is 3.61. The van der Waals surface area contributed by atoms with Crippen LogP contribution in [0.4, 0.5) is 0 Å². The predicted octanol–water partition coefficient (Wildman–Crippen LogP) is 1.31. The van der Waals surface area contributed by atoms with Gasteiger partial charge in [0.1, 0.15) is 17.7 Å². The average Bonchev–Trinajstić information content (AvgIpc) is 3.24. The number of nitrogens with one attached hydrogen (secondary N) is 1. The molecule has 23 heavy (non-hydrogen) atoms. The van der Waals surface area contributed by atoms with Crippen LogP contribution in [-0.4, -0.2) is 35.0 Å². The second kappa shape index (κ2) is 6.07. The summed E-state index contributed by atoms with van der Waals surface area (Å²) in [4.78, 5) is 12.5. The molecule has 0 aromatic carbocycles. The molecule has 0 saturated carbocycles. The minimum Gasteiger partial charge on any atom is -0.345 e. The lowest BCUT2D eigenvalue weighted by Crippen LogP contribution is -2.26. The van der Waals surface area contributed by atoms with Crippen molar-refractivity contribution >= 4 is 5.91 Å². The van der Waals surface area contributed by atoms with Gasteiger partial charge in [0.2, 0.25) is 0 Å². The highest BCUT2D eigenvalue weighted by molar-refractivity contribution is 5.97. The molecule has 3 rings (SSSR count). The number of hydrogen-bond acceptors (Lipinski definition) is 4. The fourth-order valence-electron chi connectivity index (χ4n) is 2.45. The molecule has 0 spiro atoms. The molecule has 3 heterocycles. The molecule has 0 bridgehead atoms. The molecule has 8 heteroatoms. The standard InChI is InChI=1S/C15H19N7O/c1-11(2)22-10-17-19-13(22)9-16-14(23)12-8-18-20(3)15(12)21-6-4-5-7-21/h4-8,10-11H,9H2,1-3H3,(H,16,23). The Hall–Kier alpha value is -2.90. The lowest BCUT2D eigenvalue weighted by Gasteiger charge is -2.11.